The number of hydrogen-bond donors (Lipinski definition) is 3. The number of carbonyl (C=O) groups is 2. The predicted octanol–water partition coefficient (Wildman–Crippen LogP) is 4.55. The molecule has 6 heteroatoms. The van der Waals surface area contributed by atoms with Crippen molar-refractivity contribution >= 4 is 23.4 Å². The molecule has 0 saturated heterocycles. The molecule has 3 aromatic carbocycles. The molecule has 0 aliphatic carbocycles. The highest BCUT2D eigenvalue weighted by Crippen LogP contribution is 2.19. The van der Waals surface area contributed by atoms with Gasteiger partial charge >= 0.3 is 0 Å². The topological polar surface area (TPSA) is 84.2 Å². The molecule has 4 N–H and O–H groups in total. The Morgan fingerprint density at radius 1 is 0.875 bits per heavy atom. The molecule has 32 heavy (non-hydrogen) atoms. The number of carbonyl (C=O) groups excluding carboxylic acids is 2. The lowest BCUT2D eigenvalue weighted by Crippen LogP contribution is -2.46. The number of rotatable bonds is 10. The molecule has 1 atom stereocenters. The van der Waals surface area contributed by atoms with Crippen molar-refractivity contribution in [3.05, 3.63) is 95.0 Å². The van der Waals surface area contributed by atoms with Crippen molar-refractivity contribution in [2.75, 3.05) is 6.54 Å². The van der Waals surface area contributed by atoms with Crippen LogP contribution in [0.4, 0.5) is 0 Å². The number of nitrogens with one attached hydrogen (secondary N) is 2. The molecule has 0 aliphatic heterocycles. The maximum atomic E-state index is 12.8. The SMILES string of the molecule is NCCCC[C@H](NC(=O)c1ccc(-c2ccccc2)cc1)C(=O)NCc1cccc(Cl)c1. The first-order valence-corrected chi connectivity index (χ1v) is 11.1. The molecule has 166 valence electrons. The summed E-state index contributed by atoms with van der Waals surface area (Å²) in [5, 5.41) is 6.39. The van der Waals surface area contributed by atoms with E-state index in [1.54, 1.807) is 24.3 Å². The van der Waals surface area contributed by atoms with Gasteiger partial charge in [-0.1, -0.05) is 66.2 Å². The molecule has 0 aromatic heterocycles. The van der Waals surface area contributed by atoms with Crippen LogP contribution in [0.15, 0.2) is 78.9 Å². The zero-order valence-corrected chi connectivity index (χ0v) is 18.6. The molecule has 3 rings (SSSR count). The lowest BCUT2D eigenvalue weighted by Gasteiger charge is -2.19. The molecular weight excluding hydrogens is 422 g/mol. The van der Waals surface area contributed by atoms with Crippen molar-refractivity contribution in [2.45, 2.75) is 31.8 Å². The Morgan fingerprint density at radius 2 is 1.59 bits per heavy atom. The summed E-state index contributed by atoms with van der Waals surface area (Å²) in [6.07, 6.45) is 2.06. The second-order valence-electron chi connectivity index (χ2n) is 7.60. The van der Waals surface area contributed by atoms with Gasteiger partial charge in [0, 0.05) is 17.1 Å². The summed E-state index contributed by atoms with van der Waals surface area (Å²) in [4.78, 5) is 25.6. The third-order valence-electron chi connectivity index (χ3n) is 5.18. The van der Waals surface area contributed by atoms with Crippen LogP contribution in [-0.4, -0.2) is 24.4 Å². The molecule has 5 nitrogen and oxygen atoms in total. The van der Waals surface area contributed by atoms with Crippen molar-refractivity contribution in [3.63, 3.8) is 0 Å². The van der Waals surface area contributed by atoms with E-state index < -0.39 is 6.04 Å². The molecule has 0 bridgehead atoms. The van der Waals surface area contributed by atoms with Gasteiger partial charge in [-0.25, -0.2) is 0 Å². The lowest BCUT2D eigenvalue weighted by molar-refractivity contribution is -0.123. The Hall–Kier alpha value is -3.15. The summed E-state index contributed by atoms with van der Waals surface area (Å²) in [7, 11) is 0. The number of hydrogen-bond acceptors (Lipinski definition) is 3. The summed E-state index contributed by atoms with van der Waals surface area (Å²) < 4.78 is 0. The quantitative estimate of drug-likeness (QED) is 0.397. The first kappa shape index (κ1) is 23.5. The van der Waals surface area contributed by atoms with E-state index in [-0.39, 0.29) is 11.8 Å². The minimum atomic E-state index is -0.637. The van der Waals surface area contributed by atoms with Crippen LogP contribution in [0.2, 0.25) is 5.02 Å². The number of unbranched alkanes of at least 4 members (excludes halogenated alkanes) is 1. The highest BCUT2D eigenvalue weighted by molar-refractivity contribution is 6.30. The second-order valence-corrected chi connectivity index (χ2v) is 8.04. The van der Waals surface area contributed by atoms with E-state index in [0.29, 0.717) is 30.1 Å². The summed E-state index contributed by atoms with van der Waals surface area (Å²) in [6, 6.07) is 24.0. The molecule has 0 unspecified atom stereocenters. The van der Waals surface area contributed by atoms with E-state index >= 15 is 0 Å². The van der Waals surface area contributed by atoms with Crippen molar-refractivity contribution in [1.82, 2.24) is 10.6 Å². The zero-order chi connectivity index (χ0) is 22.8. The highest BCUT2D eigenvalue weighted by atomic mass is 35.5. The van der Waals surface area contributed by atoms with Crippen LogP contribution in [0.3, 0.4) is 0 Å². The van der Waals surface area contributed by atoms with Gasteiger partial charge < -0.3 is 16.4 Å². The van der Waals surface area contributed by atoms with Gasteiger partial charge in [0.25, 0.3) is 5.91 Å². The molecule has 3 aromatic rings. The number of halogens is 1. The van der Waals surface area contributed by atoms with Crippen molar-refractivity contribution < 1.29 is 9.59 Å². The first-order valence-electron chi connectivity index (χ1n) is 10.8. The molecular formula is C26H28ClN3O2. The van der Waals surface area contributed by atoms with E-state index in [2.05, 4.69) is 10.6 Å². The van der Waals surface area contributed by atoms with E-state index in [0.717, 1.165) is 29.5 Å². The Bertz CT molecular complexity index is 1020. The van der Waals surface area contributed by atoms with Crippen LogP contribution < -0.4 is 16.4 Å². The molecule has 2 amide bonds. The smallest absolute Gasteiger partial charge is 0.251 e. The standard InChI is InChI=1S/C26H28ClN3O2/c27-23-10-6-7-19(17-23)18-29-26(32)24(11-4-5-16-28)30-25(31)22-14-12-21(13-15-22)20-8-2-1-3-9-20/h1-3,6-10,12-15,17,24H,4-5,11,16,18,28H2,(H,29,32)(H,30,31)/t24-/m0/s1. The fourth-order valence-electron chi connectivity index (χ4n) is 3.41. The summed E-state index contributed by atoms with van der Waals surface area (Å²) >= 11 is 6.01. The Morgan fingerprint density at radius 3 is 2.28 bits per heavy atom. The average Bonchev–Trinajstić information content (AvgIpc) is 2.82. The Balaban J connectivity index is 1.64. The van der Waals surface area contributed by atoms with Crippen LogP contribution >= 0.6 is 11.6 Å². The molecule has 0 aliphatic rings. The van der Waals surface area contributed by atoms with Crippen LogP contribution in [0.1, 0.15) is 35.2 Å². The summed E-state index contributed by atoms with van der Waals surface area (Å²) in [5.41, 5.74) is 9.11. The van der Waals surface area contributed by atoms with Crippen molar-refractivity contribution in [3.8, 4) is 11.1 Å². The summed E-state index contributed by atoms with van der Waals surface area (Å²) in [6.45, 7) is 0.889. The van der Waals surface area contributed by atoms with E-state index in [4.69, 9.17) is 17.3 Å². The molecule has 0 fully saturated rings. The number of benzene rings is 3. The number of nitrogens with two attached hydrogens (primary N) is 1. The highest BCUT2D eigenvalue weighted by Gasteiger charge is 2.21. The normalized spacial score (nSPS) is 11.6. The predicted molar refractivity (Wildman–Crippen MR) is 129 cm³/mol. The van der Waals surface area contributed by atoms with E-state index in [1.807, 2.05) is 54.6 Å². The average molecular weight is 450 g/mol. The van der Waals surface area contributed by atoms with Crippen LogP contribution in [-0.2, 0) is 11.3 Å². The van der Waals surface area contributed by atoms with Crippen molar-refractivity contribution in [1.29, 1.82) is 0 Å². The monoisotopic (exact) mass is 449 g/mol. The lowest BCUT2D eigenvalue weighted by atomic mass is 10.0. The zero-order valence-electron chi connectivity index (χ0n) is 17.9. The molecule has 0 saturated carbocycles. The largest absolute Gasteiger partial charge is 0.350 e. The van der Waals surface area contributed by atoms with Gasteiger partial charge in [-0.2, -0.15) is 0 Å². The minimum Gasteiger partial charge on any atom is -0.350 e. The van der Waals surface area contributed by atoms with Crippen LogP contribution in [0.5, 0.6) is 0 Å². The van der Waals surface area contributed by atoms with Gasteiger partial charge in [0.2, 0.25) is 5.91 Å². The molecule has 0 heterocycles. The maximum Gasteiger partial charge on any atom is 0.251 e. The Labute approximate surface area is 194 Å². The van der Waals surface area contributed by atoms with Gasteiger partial charge in [-0.3, -0.25) is 9.59 Å². The van der Waals surface area contributed by atoms with Crippen LogP contribution in [0, 0.1) is 0 Å². The van der Waals surface area contributed by atoms with Gasteiger partial charge in [0.15, 0.2) is 0 Å². The van der Waals surface area contributed by atoms with Gasteiger partial charge in [0.1, 0.15) is 6.04 Å². The first-order chi connectivity index (χ1) is 15.6. The van der Waals surface area contributed by atoms with Gasteiger partial charge in [0.05, 0.1) is 0 Å². The second kappa shape index (κ2) is 12.0. The van der Waals surface area contributed by atoms with Gasteiger partial charge in [-0.05, 0) is 66.8 Å². The fourth-order valence-corrected chi connectivity index (χ4v) is 3.62. The van der Waals surface area contributed by atoms with E-state index in [9.17, 15) is 9.59 Å². The minimum absolute atomic E-state index is 0.226. The maximum absolute atomic E-state index is 12.8. The third-order valence-corrected chi connectivity index (χ3v) is 5.41. The van der Waals surface area contributed by atoms with Gasteiger partial charge in [-0.15, -0.1) is 0 Å². The Kier molecular flexibility index (Phi) is 8.84. The summed E-state index contributed by atoms with van der Waals surface area (Å²) in [5.74, 6) is -0.503. The molecule has 0 spiro atoms. The van der Waals surface area contributed by atoms with Crippen LogP contribution in [0.25, 0.3) is 11.1 Å². The van der Waals surface area contributed by atoms with E-state index in [1.165, 1.54) is 0 Å². The number of amides is 2. The van der Waals surface area contributed by atoms with Crippen molar-refractivity contribution in [2.24, 2.45) is 5.73 Å². The fraction of sp³-hybridized carbons (Fsp3) is 0.231. The third kappa shape index (κ3) is 6.94. The molecule has 0 radical (unpaired) electrons.